The summed E-state index contributed by atoms with van der Waals surface area (Å²) in [5, 5.41) is 12.2. The van der Waals surface area contributed by atoms with Gasteiger partial charge in [0.2, 0.25) is 0 Å². The molecule has 5 heteroatoms. The summed E-state index contributed by atoms with van der Waals surface area (Å²) < 4.78 is 0. The lowest BCUT2D eigenvalue weighted by Gasteiger charge is -2.40. The summed E-state index contributed by atoms with van der Waals surface area (Å²) in [4.78, 5) is 25.6. The van der Waals surface area contributed by atoms with Crippen molar-refractivity contribution < 1.29 is 14.7 Å². The monoisotopic (exact) mass is 330 g/mol. The second kappa shape index (κ2) is 6.46. The van der Waals surface area contributed by atoms with E-state index in [1.54, 1.807) is 0 Å². The van der Waals surface area contributed by atoms with Gasteiger partial charge in [0.1, 0.15) is 0 Å². The van der Waals surface area contributed by atoms with Crippen molar-refractivity contribution in [2.75, 3.05) is 6.54 Å². The van der Waals surface area contributed by atoms with Crippen molar-refractivity contribution in [2.24, 2.45) is 5.92 Å². The number of urea groups is 1. The molecule has 1 fully saturated rings. The Hall–Kier alpha value is -2.04. The largest absolute Gasteiger partial charge is 0.481 e. The number of hydrogen-bond donors (Lipinski definition) is 2. The Labute approximate surface area is 143 Å². The van der Waals surface area contributed by atoms with Crippen LogP contribution in [0.1, 0.15) is 50.7 Å². The van der Waals surface area contributed by atoms with Gasteiger partial charge in [-0.15, -0.1) is 0 Å². The molecule has 2 aliphatic rings. The van der Waals surface area contributed by atoms with E-state index in [1.807, 2.05) is 11.0 Å². The first-order valence-electron chi connectivity index (χ1n) is 8.73. The number of benzene rings is 1. The van der Waals surface area contributed by atoms with Crippen LogP contribution in [-0.4, -0.2) is 34.6 Å². The third-order valence-electron chi connectivity index (χ3n) is 5.39. The highest BCUT2D eigenvalue weighted by Gasteiger charge is 2.34. The lowest BCUT2D eigenvalue weighted by atomic mass is 9.78. The predicted octanol–water partition coefficient (Wildman–Crippen LogP) is 3.13. The molecule has 24 heavy (non-hydrogen) atoms. The summed E-state index contributed by atoms with van der Waals surface area (Å²) in [6.07, 6.45) is 2.79. The second-order valence-electron chi connectivity index (χ2n) is 7.73. The van der Waals surface area contributed by atoms with Crippen molar-refractivity contribution in [3.8, 4) is 0 Å². The number of hydrogen-bond acceptors (Lipinski definition) is 2. The molecular formula is C19H26N2O3. The summed E-state index contributed by atoms with van der Waals surface area (Å²) in [7, 11) is 0. The van der Waals surface area contributed by atoms with Gasteiger partial charge in [0, 0.05) is 24.5 Å². The quantitative estimate of drug-likeness (QED) is 0.875. The molecule has 0 bridgehead atoms. The number of carboxylic acids is 1. The first kappa shape index (κ1) is 16.8. The summed E-state index contributed by atoms with van der Waals surface area (Å²) in [5.41, 5.74) is 2.46. The maximum absolute atomic E-state index is 12.7. The molecule has 0 radical (unpaired) electrons. The average molecular weight is 330 g/mol. The van der Waals surface area contributed by atoms with Gasteiger partial charge in [0.15, 0.2) is 0 Å². The Morgan fingerprint density at radius 3 is 2.50 bits per heavy atom. The molecule has 1 saturated carbocycles. The van der Waals surface area contributed by atoms with Gasteiger partial charge in [0.05, 0.1) is 5.92 Å². The molecule has 0 atom stereocenters. The van der Waals surface area contributed by atoms with Crippen LogP contribution in [0.5, 0.6) is 0 Å². The molecule has 0 unspecified atom stereocenters. The second-order valence-corrected chi connectivity index (χ2v) is 7.73. The van der Waals surface area contributed by atoms with E-state index in [2.05, 4.69) is 37.4 Å². The highest BCUT2D eigenvalue weighted by Crippen LogP contribution is 2.33. The van der Waals surface area contributed by atoms with Crippen LogP contribution < -0.4 is 5.32 Å². The van der Waals surface area contributed by atoms with E-state index in [-0.39, 0.29) is 23.4 Å². The third-order valence-corrected chi connectivity index (χ3v) is 5.39. The molecule has 2 N–H and O–H groups in total. The van der Waals surface area contributed by atoms with Gasteiger partial charge in [-0.25, -0.2) is 4.79 Å². The lowest BCUT2D eigenvalue weighted by Crippen LogP contribution is -2.51. The standard InChI is InChI=1S/C19H26N2O3/c1-19(2)12-21(11-14-5-3-4-6-16(14)19)18(24)20-15-9-7-13(8-10-15)17(22)23/h3-6,13,15H,7-12H2,1-2H3,(H,20,24)(H,22,23). The number of carbonyl (C=O) groups excluding carboxylic acids is 1. The molecule has 1 aromatic carbocycles. The van der Waals surface area contributed by atoms with Gasteiger partial charge in [0.25, 0.3) is 0 Å². The van der Waals surface area contributed by atoms with E-state index in [1.165, 1.54) is 11.1 Å². The van der Waals surface area contributed by atoms with Crippen LogP contribution in [0, 0.1) is 5.92 Å². The van der Waals surface area contributed by atoms with Crippen LogP contribution in [0.25, 0.3) is 0 Å². The van der Waals surface area contributed by atoms with Crippen molar-refractivity contribution in [3.63, 3.8) is 0 Å². The molecule has 1 aromatic rings. The predicted molar refractivity (Wildman–Crippen MR) is 91.8 cm³/mol. The first-order chi connectivity index (χ1) is 11.4. The molecule has 1 aliphatic carbocycles. The molecule has 3 rings (SSSR count). The zero-order chi connectivity index (χ0) is 17.3. The van der Waals surface area contributed by atoms with Crippen molar-refractivity contribution in [1.29, 1.82) is 0 Å². The van der Waals surface area contributed by atoms with Gasteiger partial charge >= 0.3 is 12.0 Å². The van der Waals surface area contributed by atoms with E-state index < -0.39 is 5.97 Å². The number of nitrogens with zero attached hydrogens (tertiary/aromatic N) is 1. The third kappa shape index (κ3) is 3.40. The molecule has 130 valence electrons. The van der Waals surface area contributed by atoms with Crippen molar-refractivity contribution in [1.82, 2.24) is 10.2 Å². The van der Waals surface area contributed by atoms with E-state index in [0.717, 1.165) is 12.8 Å². The molecule has 0 saturated heterocycles. The Bertz CT molecular complexity index is 633. The first-order valence-corrected chi connectivity index (χ1v) is 8.73. The van der Waals surface area contributed by atoms with Gasteiger partial charge in [-0.2, -0.15) is 0 Å². The Morgan fingerprint density at radius 1 is 1.17 bits per heavy atom. The minimum Gasteiger partial charge on any atom is -0.481 e. The molecular weight excluding hydrogens is 304 g/mol. The number of carbonyl (C=O) groups is 2. The summed E-state index contributed by atoms with van der Waals surface area (Å²) in [6, 6.07) is 8.37. The number of fused-ring (bicyclic) bond motifs is 1. The van der Waals surface area contributed by atoms with Gasteiger partial charge in [-0.3, -0.25) is 4.79 Å². The summed E-state index contributed by atoms with van der Waals surface area (Å²) in [5.74, 6) is -0.965. The minimum atomic E-state index is -0.714. The number of carboxylic acid groups (broad SMARTS) is 1. The van der Waals surface area contributed by atoms with E-state index >= 15 is 0 Å². The number of rotatable bonds is 2. The summed E-state index contributed by atoms with van der Waals surface area (Å²) in [6.45, 7) is 5.67. The highest BCUT2D eigenvalue weighted by atomic mass is 16.4. The molecule has 1 aliphatic heterocycles. The number of amides is 2. The molecule has 2 amide bonds. The lowest BCUT2D eigenvalue weighted by molar-refractivity contribution is -0.142. The fraction of sp³-hybridized carbons (Fsp3) is 0.579. The Morgan fingerprint density at radius 2 is 1.83 bits per heavy atom. The Balaban J connectivity index is 1.62. The molecule has 0 aromatic heterocycles. The minimum absolute atomic E-state index is 0.0312. The van der Waals surface area contributed by atoms with Gasteiger partial charge in [-0.1, -0.05) is 38.1 Å². The fourth-order valence-electron chi connectivity index (χ4n) is 4.04. The van der Waals surface area contributed by atoms with Crippen LogP contribution in [0.15, 0.2) is 24.3 Å². The van der Waals surface area contributed by atoms with Crippen LogP contribution in [0.4, 0.5) is 4.79 Å². The molecule has 5 nitrogen and oxygen atoms in total. The smallest absolute Gasteiger partial charge is 0.317 e. The van der Waals surface area contributed by atoms with E-state index in [0.29, 0.717) is 25.9 Å². The topological polar surface area (TPSA) is 69.6 Å². The van der Waals surface area contributed by atoms with E-state index in [9.17, 15) is 9.59 Å². The number of aliphatic carboxylic acids is 1. The number of nitrogens with one attached hydrogen (secondary N) is 1. The van der Waals surface area contributed by atoms with Crippen molar-refractivity contribution >= 4 is 12.0 Å². The maximum atomic E-state index is 12.7. The molecule has 0 spiro atoms. The van der Waals surface area contributed by atoms with Crippen molar-refractivity contribution in [2.45, 2.75) is 57.5 Å². The van der Waals surface area contributed by atoms with Crippen molar-refractivity contribution in [3.05, 3.63) is 35.4 Å². The van der Waals surface area contributed by atoms with Crippen LogP contribution >= 0.6 is 0 Å². The molecule has 1 heterocycles. The summed E-state index contributed by atoms with van der Waals surface area (Å²) >= 11 is 0. The zero-order valence-electron chi connectivity index (χ0n) is 14.4. The normalized spacial score (nSPS) is 25.7. The van der Waals surface area contributed by atoms with E-state index in [4.69, 9.17) is 5.11 Å². The van der Waals surface area contributed by atoms with Gasteiger partial charge < -0.3 is 15.3 Å². The fourth-order valence-corrected chi connectivity index (χ4v) is 4.04. The SMILES string of the molecule is CC1(C)CN(C(=O)NC2CCC(C(=O)O)CC2)Cc2ccccc21. The Kier molecular flexibility index (Phi) is 4.52. The average Bonchev–Trinajstić information content (AvgIpc) is 2.54. The highest BCUT2D eigenvalue weighted by molar-refractivity contribution is 5.75. The zero-order valence-corrected chi connectivity index (χ0v) is 14.4. The van der Waals surface area contributed by atoms with Crippen LogP contribution in [-0.2, 0) is 16.8 Å². The van der Waals surface area contributed by atoms with Crippen LogP contribution in [0.3, 0.4) is 0 Å². The maximum Gasteiger partial charge on any atom is 0.317 e. The van der Waals surface area contributed by atoms with Crippen LogP contribution in [0.2, 0.25) is 0 Å². The van der Waals surface area contributed by atoms with Gasteiger partial charge in [-0.05, 0) is 36.8 Å².